The average molecular weight is 350 g/mol. The molecule has 3 heterocycles. The summed E-state index contributed by atoms with van der Waals surface area (Å²) in [5, 5.41) is 0. The van der Waals surface area contributed by atoms with Gasteiger partial charge in [-0.15, -0.1) is 0 Å². The van der Waals surface area contributed by atoms with Crippen LogP contribution in [-0.4, -0.2) is 23.6 Å². The average Bonchev–Trinajstić information content (AvgIpc) is 3.07. The van der Waals surface area contributed by atoms with Crippen molar-refractivity contribution in [1.82, 2.24) is 4.57 Å². The van der Waals surface area contributed by atoms with Gasteiger partial charge in [-0.1, -0.05) is 15.9 Å². The Morgan fingerprint density at radius 2 is 2.29 bits per heavy atom. The minimum atomic E-state index is -0.802. The number of ether oxygens (including phenoxy) is 1. The Kier molecular flexibility index (Phi) is 2.74. The highest BCUT2D eigenvalue weighted by molar-refractivity contribution is 9.10. The number of halogens is 2. The lowest BCUT2D eigenvalue weighted by atomic mass is 9.84. The van der Waals surface area contributed by atoms with Gasteiger partial charge in [0.15, 0.2) is 0 Å². The van der Waals surface area contributed by atoms with Gasteiger partial charge in [-0.3, -0.25) is 4.99 Å². The maximum absolute atomic E-state index is 14.4. The van der Waals surface area contributed by atoms with E-state index in [9.17, 15) is 4.39 Å². The van der Waals surface area contributed by atoms with Gasteiger partial charge in [0.1, 0.15) is 17.2 Å². The molecule has 6 heteroatoms. The molecule has 1 aromatic carbocycles. The molecular weight excluding hydrogens is 337 g/mol. The van der Waals surface area contributed by atoms with E-state index in [1.54, 1.807) is 12.1 Å². The number of nitrogens with zero attached hydrogens (tertiary/aromatic N) is 2. The summed E-state index contributed by atoms with van der Waals surface area (Å²) in [7, 11) is 0. The molecule has 2 N–H and O–H groups in total. The zero-order valence-corrected chi connectivity index (χ0v) is 12.7. The largest absolute Gasteiger partial charge is 0.382 e. The molecule has 4 nitrogen and oxygen atoms in total. The lowest BCUT2D eigenvalue weighted by Gasteiger charge is -2.36. The molecule has 2 aliphatic heterocycles. The van der Waals surface area contributed by atoms with Gasteiger partial charge in [0.25, 0.3) is 0 Å². The van der Waals surface area contributed by atoms with Crippen molar-refractivity contribution in [3.63, 3.8) is 0 Å². The van der Waals surface area contributed by atoms with Gasteiger partial charge in [-0.2, -0.15) is 0 Å². The van der Waals surface area contributed by atoms with Crippen LogP contribution < -0.4 is 5.73 Å². The third-order valence-electron chi connectivity index (χ3n) is 4.24. The second-order valence-corrected chi connectivity index (χ2v) is 6.29. The maximum atomic E-state index is 14.4. The van der Waals surface area contributed by atoms with Crippen molar-refractivity contribution in [2.45, 2.75) is 11.6 Å². The van der Waals surface area contributed by atoms with Crippen molar-refractivity contribution in [3.8, 4) is 0 Å². The van der Waals surface area contributed by atoms with E-state index < -0.39 is 5.54 Å². The number of hydrogen-bond acceptors (Lipinski definition) is 3. The van der Waals surface area contributed by atoms with E-state index in [4.69, 9.17) is 10.5 Å². The fourth-order valence-electron chi connectivity index (χ4n) is 3.28. The van der Waals surface area contributed by atoms with Crippen LogP contribution in [0.25, 0.3) is 0 Å². The number of rotatable bonds is 1. The molecule has 2 aliphatic rings. The molecule has 108 valence electrons. The summed E-state index contributed by atoms with van der Waals surface area (Å²) < 4.78 is 22.9. The highest BCUT2D eigenvalue weighted by atomic mass is 79.9. The number of aromatic nitrogens is 1. The summed E-state index contributed by atoms with van der Waals surface area (Å²) >= 11 is 3.40. The number of fused-ring (bicyclic) bond motifs is 3. The van der Waals surface area contributed by atoms with Gasteiger partial charge in [0, 0.05) is 16.2 Å². The van der Waals surface area contributed by atoms with E-state index in [0.29, 0.717) is 24.6 Å². The summed E-state index contributed by atoms with van der Waals surface area (Å²) in [6.07, 6.45) is 1.95. The van der Waals surface area contributed by atoms with Crippen LogP contribution in [0, 0.1) is 5.82 Å². The Morgan fingerprint density at radius 3 is 3.14 bits per heavy atom. The summed E-state index contributed by atoms with van der Waals surface area (Å²) in [5.74, 6) is 0.127. The maximum Gasteiger partial charge on any atom is 0.143 e. The van der Waals surface area contributed by atoms with Crippen molar-refractivity contribution in [3.05, 3.63) is 58.1 Å². The van der Waals surface area contributed by atoms with Crippen LogP contribution in [0.2, 0.25) is 0 Å². The molecule has 0 saturated carbocycles. The zero-order valence-electron chi connectivity index (χ0n) is 11.1. The van der Waals surface area contributed by atoms with Crippen molar-refractivity contribution in [2.24, 2.45) is 10.7 Å². The molecule has 2 atom stereocenters. The Morgan fingerprint density at radius 1 is 1.43 bits per heavy atom. The third kappa shape index (κ3) is 1.72. The van der Waals surface area contributed by atoms with Crippen LogP contribution in [0.4, 0.5) is 4.39 Å². The predicted molar refractivity (Wildman–Crippen MR) is 80.8 cm³/mol. The van der Waals surface area contributed by atoms with Gasteiger partial charge in [-0.05, 0) is 30.3 Å². The van der Waals surface area contributed by atoms with Crippen LogP contribution in [0.15, 0.2) is 46.0 Å². The number of hydrogen-bond donors (Lipinski definition) is 1. The van der Waals surface area contributed by atoms with Crippen molar-refractivity contribution in [1.29, 1.82) is 0 Å². The molecule has 0 unspecified atom stereocenters. The Hall–Kier alpha value is -1.66. The van der Waals surface area contributed by atoms with Crippen LogP contribution in [0.3, 0.4) is 0 Å². The van der Waals surface area contributed by atoms with Crippen LogP contribution in [0.1, 0.15) is 17.3 Å². The second-order valence-electron chi connectivity index (χ2n) is 5.38. The lowest BCUT2D eigenvalue weighted by molar-refractivity contribution is 0.176. The third-order valence-corrected chi connectivity index (χ3v) is 4.73. The molecule has 2 aromatic rings. The molecule has 21 heavy (non-hydrogen) atoms. The number of benzene rings is 1. The highest BCUT2D eigenvalue weighted by Gasteiger charge is 2.51. The summed E-state index contributed by atoms with van der Waals surface area (Å²) in [6, 6.07) is 8.64. The quantitative estimate of drug-likeness (QED) is 0.860. The van der Waals surface area contributed by atoms with Crippen molar-refractivity contribution >= 4 is 21.8 Å². The van der Waals surface area contributed by atoms with Gasteiger partial charge in [0.05, 0.1) is 24.9 Å². The van der Waals surface area contributed by atoms with Crippen molar-refractivity contribution in [2.75, 3.05) is 13.2 Å². The van der Waals surface area contributed by atoms with Crippen LogP contribution in [-0.2, 0) is 10.3 Å². The van der Waals surface area contributed by atoms with E-state index in [1.165, 1.54) is 6.07 Å². The lowest BCUT2D eigenvalue weighted by Crippen LogP contribution is -2.42. The SMILES string of the molecule is NC1=N[C@@]2(c3cc(Br)ccc3F)COC[C@H]2n2cccc21. The van der Waals surface area contributed by atoms with Crippen molar-refractivity contribution < 1.29 is 9.13 Å². The van der Waals surface area contributed by atoms with E-state index in [1.807, 2.05) is 22.9 Å². The molecule has 0 radical (unpaired) electrons. The summed E-state index contributed by atoms with van der Waals surface area (Å²) in [5.41, 5.74) is 6.67. The minimum absolute atomic E-state index is 0.0846. The van der Waals surface area contributed by atoms with Gasteiger partial charge < -0.3 is 15.0 Å². The van der Waals surface area contributed by atoms with Gasteiger partial charge in [0.2, 0.25) is 0 Å². The predicted octanol–water partition coefficient (Wildman–Crippen LogP) is 2.58. The van der Waals surface area contributed by atoms with Crippen LogP contribution >= 0.6 is 15.9 Å². The highest BCUT2D eigenvalue weighted by Crippen LogP contribution is 2.46. The molecule has 1 aromatic heterocycles. The Balaban J connectivity index is 1.98. The Labute approximate surface area is 129 Å². The first-order valence-electron chi connectivity index (χ1n) is 6.68. The Bertz CT molecular complexity index is 757. The topological polar surface area (TPSA) is 52.5 Å². The van der Waals surface area contributed by atoms with E-state index in [2.05, 4.69) is 20.9 Å². The van der Waals surface area contributed by atoms with Crippen LogP contribution in [0.5, 0.6) is 0 Å². The second kappa shape index (κ2) is 4.42. The molecule has 0 spiro atoms. The van der Waals surface area contributed by atoms with E-state index >= 15 is 0 Å². The monoisotopic (exact) mass is 349 g/mol. The minimum Gasteiger partial charge on any atom is -0.382 e. The molecule has 1 fully saturated rings. The molecule has 0 amide bonds. The molecule has 0 aliphatic carbocycles. The molecule has 0 bridgehead atoms. The normalized spacial score (nSPS) is 27.1. The zero-order chi connectivity index (χ0) is 14.6. The number of aliphatic imine (C=N–C) groups is 1. The standard InChI is InChI=1S/C15H13BrFN3O/c16-9-3-4-11(17)10(6-9)15-8-21-7-13(15)20-5-1-2-12(20)14(18)19-15/h1-6,13H,7-8H2,(H2,18,19)/t13-,15-/m1/s1. The first-order chi connectivity index (χ1) is 10.1. The summed E-state index contributed by atoms with van der Waals surface area (Å²) in [4.78, 5) is 4.65. The van der Waals surface area contributed by atoms with E-state index in [0.717, 1.165) is 10.2 Å². The smallest absolute Gasteiger partial charge is 0.143 e. The molecule has 1 saturated heterocycles. The van der Waals surface area contributed by atoms with Gasteiger partial charge >= 0.3 is 0 Å². The van der Waals surface area contributed by atoms with Gasteiger partial charge in [-0.25, -0.2) is 4.39 Å². The molecule has 4 rings (SSSR count). The molecular formula is C15H13BrFN3O. The fourth-order valence-corrected chi connectivity index (χ4v) is 3.64. The number of amidine groups is 1. The van der Waals surface area contributed by atoms with E-state index in [-0.39, 0.29) is 11.9 Å². The number of nitrogens with two attached hydrogens (primary N) is 1. The fraction of sp³-hybridized carbons (Fsp3) is 0.267. The first-order valence-corrected chi connectivity index (χ1v) is 7.47. The first kappa shape index (κ1) is 13.0. The summed E-state index contributed by atoms with van der Waals surface area (Å²) in [6.45, 7) is 0.813.